The summed E-state index contributed by atoms with van der Waals surface area (Å²) >= 11 is 0. The van der Waals surface area contributed by atoms with Gasteiger partial charge in [-0.25, -0.2) is 4.98 Å². The molecule has 0 bridgehead atoms. The third-order valence-electron chi connectivity index (χ3n) is 5.39. The van der Waals surface area contributed by atoms with Crippen molar-refractivity contribution in [2.45, 2.75) is 39.0 Å². The van der Waals surface area contributed by atoms with E-state index in [1.807, 2.05) is 43.3 Å². The lowest BCUT2D eigenvalue weighted by molar-refractivity contribution is -0.120. The van der Waals surface area contributed by atoms with Gasteiger partial charge < -0.3 is 14.5 Å². The zero-order valence-corrected chi connectivity index (χ0v) is 15.7. The minimum atomic E-state index is 0.122. The van der Waals surface area contributed by atoms with Gasteiger partial charge >= 0.3 is 0 Å². The van der Waals surface area contributed by atoms with Crippen molar-refractivity contribution in [3.63, 3.8) is 0 Å². The number of nitrogens with one attached hydrogen (secondary N) is 1. The SMILES string of the molecule is COc1ccc2oc(-c3cccc(NC(=O)C4CCCCC4)c3C)nc2c1. The number of methoxy groups -OCH3 is 1. The molecule has 1 aliphatic carbocycles. The van der Waals surface area contributed by atoms with Crippen LogP contribution in [0.3, 0.4) is 0 Å². The van der Waals surface area contributed by atoms with Crippen LogP contribution < -0.4 is 10.1 Å². The second-order valence-corrected chi connectivity index (χ2v) is 7.15. The quantitative estimate of drug-likeness (QED) is 0.679. The number of oxazole rings is 1. The van der Waals surface area contributed by atoms with Crippen molar-refractivity contribution in [3.05, 3.63) is 42.0 Å². The van der Waals surface area contributed by atoms with Gasteiger partial charge in [0.25, 0.3) is 0 Å². The highest BCUT2D eigenvalue weighted by Crippen LogP contribution is 2.32. The second kappa shape index (κ2) is 7.43. The van der Waals surface area contributed by atoms with Crippen LogP contribution in [0.25, 0.3) is 22.6 Å². The molecule has 4 rings (SSSR count). The third-order valence-corrected chi connectivity index (χ3v) is 5.39. The van der Waals surface area contributed by atoms with E-state index in [9.17, 15) is 4.79 Å². The molecule has 27 heavy (non-hydrogen) atoms. The van der Waals surface area contributed by atoms with E-state index in [4.69, 9.17) is 9.15 Å². The number of anilines is 1. The summed E-state index contributed by atoms with van der Waals surface area (Å²) in [4.78, 5) is 17.2. The molecule has 3 aromatic rings. The van der Waals surface area contributed by atoms with Crippen LogP contribution in [0, 0.1) is 12.8 Å². The van der Waals surface area contributed by atoms with E-state index in [0.717, 1.165) is 53.8 Å². The maximum Gasteiger partial charge on any atom is 0.227 e. The monoisotopic (exact) mass is 364 g/mol. The largest absolute Gasteiger partial charge is 0.497 e. The predicted molar refractivity (Wildman–Crippen MR) is 106 cm³/mol. The molecule has 0 spiro atoms. The molecule has 0 atom stereocenters. The Labute approximate surface area is 158 Å². The first-order valence-corrected chi connectivity index (χ1v) is 9.51. The standard InChI is InChI=1S/C22H24N2O3/c1-14-17(22-24-19-13-16(26-2)11-12-20(19)27-22)9-6-10-18(14)23-21(25)15-7-4-3-5-8-15/h6,9-13,15H,3-5,7-8H2,1-2H3,(H,23,25). The molecular weight excluding hydrogens is 340 g/mol. The summed E-state index contributed by atoms with van der Waals surface area (Å²) in [6.45, 7) is 1.99. The molecule has 0 unspecified atom stereocenters. The minimum absolute atomic E-state index is 0.122. The van der Waals surface area contributed by atoms with Gasteiger partial charge in [0.15, 0.2) is 5.58 Å². The van der Waals surface area contributed by atoms with Gasteiger partial charge in [0.1, 0.15) is 11.3 Å². The highest BCUT2D eigenvalue weighted by atomic mass is 16.5. The van der Waals surface area contributed by atoms with Crippen molar-refractivity contribution < 1.29 is 13.9 Å². The number of carbonyl (C=O) groups excluding carboxylic acids is 1. The number of rotatable bonds is 4. The van der Waals surface area contributed by atoms with Crippen LogP contribution in [-0.2, 0) is 4.79 Å². The van der Waals surface area contributed by atoms with E-state index >= 15 is 0 Å². The molecule has 0 saturated heterocycles. The topological polar surface area (TPSA) is 64.4 Å². The smallest absolute Gasteiger partial charge is 0.227 e. The summed E-state index contributed by atoms with van der Waals surface area (Å²) in [7, 11) is 1.63. The van der Waals surface area contributed by atoms with Gasteiger partial charge in [0.2, 0.25) is 11.8 Å². The number of fused-ring (bicyclic) bond motifs is 1. The Morgan fingerprint density at radius 1 is 1.19 bits per heavy atom. The molecule has 5 heteroatoms. The molecule has 1 N–H and O–H groups in total. The van der Waals surface area contributed by atoms with Crippen LogP contribution in [0.1, 0.15) is 37.7 Å². The summed E-state index contributed by atoms with van der Waals surface area (Å²) in [5.74, 6) is 1.54. The van der Waals surface area contributed by atoms with E-state index in [1.54, 1.807) is 7.11 Å². The number of carbonyl (C=O) groups is 1. The molecule has 1 amide bonds. The van der Waals surface area contributed by atoms with E-state index in [-0.39, 0.29) is 11.8 Å². The first kappa shape index (κ1) is 17.6. The van der Waals surface area contributed by atoms with Crippen molar-refractivity contribution in [3.8, 4) is 17.2 Å². The lowest BCUT2D eigenvalue weighted by atomic mass is 9.88. The van der Waals surface area contributed by atoms with Crippen LogP contribution in [0.15, 0.2) is 40.8 Å². The van der Waals surface area contributed by atoms with Gasteiger partial charge in [-0.3, -0.25) is 4.79 Å². The van der Waals surface area contributed by atoms with Crippen LogP contribution >= 0.6 is 0 Å². The van der Waals surface area contributed by atoms with Gasteiger partial charge in [-0.1, -0.05) is 25.3 Å². The number of hydrogen-bond donors (Lipinski definition) is 1. The van der Waals surface area contributed by atoms with Gasteiger partial charge in [-0.15, -0.1) is 0 Å². The van der Waals surface area contributed by atoms with Crippen molar-refractivity contribution in [2.75, 3.05) is 12.4 Å². The zero-order valence-electron chi connectivity index (χ0n) is 15.7. The van der Waals surface area contributed by atoms with Crippen LogP contribution in [0.5, 0.6) is 5.75 Å². The Balaban J connectivity index is 1.62. The van der Waals surface area contributed by atoms with Crippen molar-refractivity contribution in [1.82, 2.24) is 4.98 Å². The molecule has 1 aromatic heterocycles. The summed E-state index contributed by atoms with van der Waals surface area (Å²) < 4.78 is 11.2. The Kier molecular flexibility index (Phi) is 4.84. The number of aromatic nitrogens is 1. The highest BCUT2D eigenvalue weighted by Gasteiger charge is 2.22. The summed E-state index contributed by atoms with van der Waals surface area (Å²) in [6, 6.07) is 11.4. The molecule has 1 aliphatic rings. The molecule has 0 aliphatic heterocycles. The van der Waals surface area contributed by atoms with Crippen LogP contribution in [0.4, 0.5) is 5.69 Å². The number of nitrogens with zero attached hydrogens (tertiary/aromatic N) is 1. The average molecular weight is 364 g/mol. The molecule has 140 valence electrons. The minimum Gasteiger partial charge on any atom is -0.497 e. The van der Waals surface area contributed by atoms with Gasteiger partial charge in [0, 0.05) is 23.2 Å². The third kappa shape index (κ3) is 3.54. The average Bonchev–Trinajstić information content (AvgIpc) is 3.13. The summed E-state index contributed by atoms with van der Waals surface area (Å²) in [5, 5.41) is 3.11. The molecule has 5 nitrogen and oxygen atoms in total. The summed E-state index contributed by atoms with van der Waals surface area (Å²) in [6.07, 6.45) is 5.49. The summed E-state index contributed by atoms with van der Waals surface area (Å²) in [5.41, 5.74) is 4.12. The molecule has 2 aromatic carbocycles. The Morgan fingerprint density at radius 2 is 2.00 bits per heavy atom. The van der Waals surface area contributed by atoms with E-state index in [2.05, 4.69) is 10.3 Å². The highest BCUT2D eigenvalue weighted by molar-refractivity contribution is 5.94. The number of amides is 1. The first-order valence-electron chi connectivity index (χ1n) is 9.51. The molecule has 0 radical (unpaired) electrons. The van der Waals surface area contributed by atoms with Crippen LogP contribution in [0.2, 0.25) is 0 Å². The molecule has 1 fully saturated rings. The lowest BCUT2D eigenvalue weighted by Gasteiger charge is -2.21. The van der Waals surface area contributed by atoms with Crippen molar-refractivity contribution >= 4 is 22.7 Å². The van der Waals surface area contributed by atoms with Gasteiger partial charge in [-0.05, 0) is 49.6 Å². The normalized spacial score (nSPS) is 15.0. The Morgan fingerprint density at radius 3 is 2.78 bits per heavy atom. The fourth-order valence-electron chi connectivity index (χ4n) is 3.75. The fourth-order valence-corrected chi connectivity index (χ4v) is 3.75. The van der Waals surface area contributed by atoms with Gasteiger partial charge in [0.05, 0.1) is 7.11 Å². The van der Waals surface area contributed by atoms with Gasteiger partial charge in [-0.2, -0.15) is 0 Å². The predicted octanol–water partition coefficient (Wildman–Crippen LogP) is 5.33. The van der Waals surface area contributed by atoms with E-state index in [1.165, 1.54) is 6.42 Å². The number of ether oxygens (including phenoxy) is 1. The number of hydrogen-bond acceptors (Lipinski definition) is 4. The van der Waals surface area contributed by atoms with E-state index < -0.39 is 0 Å². The number of benzene rings is 2. The molecular formula is C22H24N2O3. The Hall–Kier alpha value is -2.82. The van der Waals surface area contributed by atoms with E-state index in [0.29, 0.717) is 11.5 Å². The fraction of sp³-hybridized carbons (Fsp3) is 0.364. The Bertz CT molecular complexity index is 971. The van der Waals surface area contributed by atoms with Crippen LogP contribution in [-0.4, -0.2) is 18.0 Å². The molecule has 1 heterocycles. The second-order valence-electron chi connectivity index (χ2n) is 7.15. The zero-order chi connectivity index (χ0) is 18.8. The first-order chi connectivity index (χ1) is 13.2. The lowest BCUT2D eigenvalue weighted by Crippen LogP contribution is -2.25. The maximum atomic E-state index is 12.6. The maximum absolute atomic E-state index is 12.6. The van der Waals surface area contributed by atoms with Crippen molar-refractivity contribution in [1.29, 1.82) is 0 Å². The van der Waals surface area contributed by atoms with Crippen molar-refractivity contribution in [2.24, 2.45) is 5.92 Å². The molecule has 1 saturated carbocycles.